The summed E-state index contributed by atoms with van der Waals surface area (Å²) < 4.78 is 5.44. The fourth-order valence-electron chi connectivity index (χ4n) is 2.14. The fraction of sp³-hybridized carbons (Fsp3) is 0.312. The van der Waals surface area contributed by atoms with Crippen molar-refractivity contribution in [1.29, 1.82) is 0 Å². The maximum absolute atomic E-state index is 12.1. The maximum Gasteiger partial charge on any atom is 0.241 e. The molecule has 1 amide bonds. The van der Waals surface area contributed by atoms with E-state index in [-0.39, 0.29) is 38.6 Å². The van der Waals surface area contributed by atoms with E-state index in [1.165, 1.54) is 0 Å². The van der Waals surface area contributed by atoms with Gasteiger partial charge in [0.1, 0.15) is 17.7 Å². The van der Waals surface area contributed by atoms with Crippen molar-refractivity contribution in [3.8, 4) is 5.75 Å². The van der Waals surface area contributed by atoms with Crippen molar-refractivity contribution in [3.63, 3.8) is 0 Å². The van der Waals surface area contributed by atoms with Crippen molar-refractivity contribution in [2.75, 3.05) is 13.2 Å². The first-order chi connectivity index (χ1) is 10.1. The Morgan fingerprint density at radius 2 is 2.27 bits per heavy atom. The zero-order chi connectivity index (χ0) is 15.4. The summed E-state index contributed by atoms with van der Waals surface area (Å²) in [5.41, 5.74) is 1.43. The summed E-state index contributed by atoms with van der Waals surface area (Å²) in [6, 6.07) is 5.36. The van der Waals surface area contributed by atoms with E-state index in [2.05, 4.69) is 12.7 Å². The van der Waals surface area contributed by atoms with Gasteiger partial charge in [-0.15, -0.1) is 40.5 Å². The number of rotatable bonds is 5. The Morgan fingerprint density at radius 3 is 2.86 bits per heavy atom. The SMILES string of the molecule is C=CCOc1ccc(C2=[C-]CC(Cl)C(=O)N2CC)c(Cl)c1.[Y]. The summed E-state index contributed by atoms with van der Waals surface area (Å²) >= 11 is 12.3. The average molecular weight is 414 g/mol. The predicted octanol–water partition coefficient (Wildman–Crippen LogP) is 3.91. The van der Waals surface area contributed by atoms with Crippen molar-refractivity contribution in [1.82, 2.24) is 4.90 Å². The molecule has 1 aromatic rings. The van der Waals surface area contributed by atoms with Crippen LogP contribution >= 0.6 is 23.2 Å². The van der Waals surface area contributed by atoms with Crippen molar-refractivity contribution in [2.45, 2.75) is 18.7 Å². The molecule has 0 fully saturated rings. The van der Waals surface area contributed by atoms with Crippen LogP contribution < -0.4 is 4.74 Å². The van der Waals surface area contributed by atoms with Crippen molar-refractivity contribution in [3.05, 3.63) is 47.5 Å². The molecule has 0 N–H and O–H groups in total. The summed E-state index contributed by atoms with van der Waals surface area (Å²) in [7, 11) is 0. The van der Waals surface area contributed by atoms with E-state index in [1.54, 1.807) is 17.0 Å². The fourth-order valence-corrected chi connectivity index (χ4v) is 2.59. The Balaban J connectivity index is 0.00000242. The Hall–Kier alpha value is -0.346. The summed E-state index contributed by atoms with van der Waals surface area (Å²) in [6.45, 7) is 6.43. The summed E-state index contributed by atoms with van der Waals surface area (Å²) in [4.78, 5) is 13.7. The zero-order valence-corrected chi connectivity index (χ0v) is 16.7. The number of carbonyl (C=O) groups is 1. The molecule has 115 valence electrons. The van der Waals surface area contributed by atoms with Gasteiger partial charge in [0.2, 0.25) is 5.91 Å². The number of nitrogens with zero attached hydrogens (tertiary/aromatic N) is 1. The number of halogens is 2. The minimum Gasteiger partial charge on any atom is -0.490 e. The van der Waals surface area contributed by atoms with Crippen LogP contribution in [0.5, 0.6) is 5.75 Å². The Labute approximate surface area is 166 Å². The number of hydrogen-bond acceptors (Lipinski definition) is 2. The van der Waals surface area contributed by atoms with Crippen molar-refractivity contribution >= 4 is 34.8 Å². The van der Waals surface area contributed by atoms with Crippen LogP contribution in [0.15, 0.2) is 30.9 Å². The van der Waals surface area contributed by atoms with E-state index in [1.807, 2.05) is 19.1 Å². The minimum atomic E-state index is -0.553. The topological polar surface area (TPSA) is 29.5 Å². The monoisotopic (exact) mass is 413 g/mol. The zero-order valence-electron chi connectivity index (χ0n) is 12.3. The van der Waals surface area contributed by atoms with Gasteiger partial charge in [0.05, 0.1) is 0 Å². The molecule has 1 aliphatic rings. The second-order valence-electron chi connectivity index (χ2n) is 4.52. The van der Waals surface area contributed by atoms with E-state index in [9.17, 15) is 4.79 Å². The molecule has 0 spiro atoms. The average Bonchev–Trinajstić information content (AvgIpc) is 2.48. The molecule has 1 aromatic carbocycles. The molecular weight excluding hydrogens is 398 g/mol. The molecule has 22 heavy (non-hydrogen) atoms. The molecule has 3 nitrogen and oxygen atoms in total. The smallest absolute Gasteiger partial charge is 0.241 e. The number of amides is 1. The second-order valence-corrected chi connectivity index (χ2v) is 5.45. The molecule has 0 bridgehead atoms. The van der Waals surface area contributed by atoms with Gasteiger partial charge in [-0.3, -0.25) is 4.79 Å². The summed E-state index contributed by atoms with van der Waals surface area (Å²) in [6.07, 6.45) is 5.22. The number of carbonyl (C=O) groups excluding carboxylic acids is 1. The van der Waals surface area contributed by atoms with Crippen LogP contribution in [0.25, 0.3) is 5.70 Å². The minimum absolute atomic E-state index is 0. The Kier molecular flexibility index (Phi) is 8.12. The van der Waals surface area contributed by atoms with Crippen LogP contribution in [0, 0.1) is 6.08 Å². The largest absolute Gasteiger partial charge is 0.490 e. The van der Waals surface area contributed by atoms with Gasteiger partial charge < -0.3 is 9.64 Å². The van der Waals surface area contributed by atoms with Gasteiger partial charge in [0, 0.05) is 39.3 Å². The van der Waals surface area contributed by atoms with Gasteiger partial charge in [-0.05, 0) is 24.1 Å². The van der Waals surface area contributed by atoms with Gasteiger partial charge in [-0.1, -0.05) is 19.1 Å². The number of ether oxygens (including phenoxy) is 1. The molecule has 1 unspecified atom stereocenters. The first kappa shape index (κ1) is 19.7. The van der Waals surface area contributed by atoms with Crippen LogP contribution in [-0.4, -0.2) is 29.3 Å². The first-order valence-corrected chi connectivity index (χ1v) is 7.49. The van der Waals surface area contributed by atoms with Crippen LogP contribution in [0.2, 0.25) is 5.02 Å². The van der Waals surface area contributed by atoms with E-state index < -0.39 is 5.38 Å². The summed E-state index contributed by atoms with van der Waals surface area (Å²) in [5.74, 6) is 0.542. The summed E-state index contributed by atoms with van der Waals surface area (Å²) in [5, 5.41) is -0.0407. The van der Waals surface area contributed by atoms with Gasteiger partial charge in [-0.2, -0.15) is 0 Å². The quantitative estimate of drug-likeness (QED) is 0.416. The third kappa shape index (κ3) is 4.35. The number of hydrogen-bond donors (Lipinski definition) is 0. The molecule has 2 rings (SSSR count). The third-order valence-corrected chi connectivity index (χ3v) is 3.79. The Morgan fingerprint density at radius 1 is 1.55 bits per heavy atom. The molecule has 1 atom stereocenters. The van der Waals surface area contributed by atoms with Crippen molar-refractivity contribution in [2.24, 2.45) is 0 Å². The van der Waals surface area contributed by atoms with E-state index in [0.717, 1.165) is 5.56 Å². The standard InChI is InChI=1S/C16H16Cl2NO2.Y/c1-3-9-21-11-5-6-12(14(18)10-11)15-8-7-13(17)16(20)19(15)4-2;/h3,5-6,10,13H,1,4,7,9H2,2H3;/q-1;. The molecule has 0 aliphatic carbocycles. The molecule has 0 saturated carbocycles. The third-order valence-electron chi connectivity index (χ3n) is 3.13. The maximum atomic E-state index is 12.1. The van der Waals surface area contributed by atoms with Gasteiger partial charge in [-0.25, -0.2) is 6.08 Å². The van der Waals surface area contributed by atoms with Crippen LogP contribution in [0.4, 0.5) is 0 Å². The number of benzene rings is 1. The van der Waals surface area contributed by atoms with Crippen LogP contribution in [0.1, 0.15) is 18.9 Å². The predicted molar refractivity (Wildman–Crippen MR) is 85.4 cm³/mol. The van der Waals surface area contributed by atoms with Crippen molar-refractivity contribution < 1.29 is 42.2 Å². The normalized spacial score (nSPS) is 17.6. The molecule has 0 saturated heterocycles. The molecule has 1 aliphatic heterocycles. The molecule has 0 aromatic heterocycles. The van der Waals surface area contributed by atoms with Gasteiger partial charge in [0.25, 0.3) is 0 Å². The van der Waals surface area contributed by atoms with Gasteiger partial charge >= 0.3 is 0 Å². The molecule has 6 heteroatoms. The van der Waals surface area contributed by atoms with Crippen LogP contribution in [0.3, 0.4) is 0 Å². The number of alkyl halides is 1. The van der Waals surface area contributed by atoms with Gasteiger partial charge in [0.15, 0.2) is 0 Å². The number of allylic oxidation sites excluding steroid dienone is 1. The van der Waals surface area contributed by atoms with E-state index in [4.69, 9.17) is 27.9 Å². The molecule has 1 radical (unpaired) electrons. The van der Waals surface area contributed by atoms with E-state index >= 15 is 0 Å². The molecular formula is C16H16Cl2NO2Y-. The molecule has 1 heterocycles. The first-order valence-electron chi connectivity index (χ1n) is 6.68. The second kappa shape index (κ2) is 9.07. The van der Waals surface area contributed by atoms with Crippen LogP contribution in [-0.2, 0) is 37.5 Å². The Bertz CT molecular complexity index is 590. The van der Waals surface area contributed by atoms with E-state index in [0.29, 0.717) is 36.0 Å².